The number of hydrogen-bond acceptors (Lipinski definition) is 12. The first-order chi connectivity index (χ1) is 33.1. The minimum Gasteiger partial charge on any atom is -0.469 e. The molecule has 0 unspecified atom stereocenters. The molecule has 12 nitrogen and oxygen atoms in total. The number of carbonyl (C=O) groups is 4. The number of benzene rings is 4. The lowest BCUT2D eigenvalue weighted by Gasteiger charge is -2.27. The highest BCUT2D eigenvalue weighted by Gasteiger charge is 2.26. The van der Waals surface area contributed by atoms with E-state index in [0.717, 1.165) is 67.5 Å². The van der Waals surface area contributed by atoms with Gasteiger partial charge in [-0.15, -0.1) is 0 Å². The standard InChI is InChI=1S/C29H41O6P.C29H40O6/c1-28(2,3)22-18-20(12-16-26(30)32-7)10-14-24(22)34-36(9)35-25-15-11-21(13-17-27(31)33-8)19-23(25)29(4,5)6;1-28(2,3)22-17-20(11-15-26(30)32-7)9-13-24(22)34-19-35-25-14-10-21(12-16-27(31)33-8)18-23(25)29(4,5)6/h10-11,14-15,18-19H,12-13,16-17H2,1-9H3;9-10,13-14,17-18H,11-12,15-16,19H2,1-8H3. The Morgan fingerprint density at radius 2 is 0.606 bits per heavy atom. The van der Waals surface area contributed by atoms with Gasteiger partial charge >= 0.3 is 23.9 Å². The zero-order valence-corrected chi connectivity index (χ0v) is 46.5. The number of carbonyl (C=O) groups excluding carboxylic acids is 4. The van der Waals surface area contributed by atoms with Crippen LogP contribution in [0.1, 0.15) is 153 Å². The summed E-state index contributed by atoms with van der Waals surface area (Å²) < 4.78 is 44.0. The van der Waals surface area contributed by atoms with Gasteiger partial charge in [0.25, 0.3) is 8.38 Å². The molecule has 4 rings (SSSR count). The summed E-state index contributed by atoms with van der Waals surface area (Å²) in [6.07, 6.45) is 3.83. The Balaban J connectivity index is 0.000000375. The molecule has 4 aromatic rings. The number of aryl methyl sites for hydroxylation is 4. The third-order valence-corrected chi connectivity index (χ3v) is 12.6. The van der Waals surface area contributed by atoms with Crippen molar-refractivity contribution < 1.29 is 56.6 Å². The normalized spacial score (nSPS) is 11.7. The molecule has 0 saturated heterocycles. The lowest BCUT2D eigenvalue weighted by atomic mass is 9.85. The van der Waals surface area contributed by atoms with Crippen molar-refractivity contribution in [3.63, 3.8) is 0 Å². The van der Waals surface area contributed by atoms with Gasteiger partial charge in [-0.2, -0.15) is 0 Å². The van der Waals surface area contributed by atoms with E-state index < -0.39 is 8.38 Å². The van der Waals surface area contributed by atoms with Crippen LogP contribution in [0.4, 0.5) is 0 Å². The molecule has 4 aromatic carbocycles. The van der Waals surface area contributed by atoms with Gasteiger partial charge in [-0.05, 0) is 105 Å². The van der Waals surface area contributed by atoms with Crippen molar-refractivity contribution >= 4 is 32.3 Å². The van der Waals surface area contributed by atoms with Crippen LogP contribution in [0, 0.1) is 0 Å². The minimum absolute atomic E-state index is 0.0647. The fourth-order valence-electron chi connectivity index (χ4n) is 7.53. The molecule has 390 valence electrons. The largest absolute Gasteiger partial charge is 0.469 e. The summed E-state index contributed by atoms with van der Waals surface area (Å²) in [5.74, 6) is 2.20. The second kappa shape index (κ2) is 26.7. The average Bonchev–Trinajstić information content (AvgIpc) is 3.30. The van der Waals surface area contributed by atoms with Crippen LogP contribution in [0.3, 0.4) is 0 Å². The molecule has 0 bridgehead atoms. The Morgan fingerprint density at radius 3 is 0.831 bits per heavy atom. The summed E-state index contributed by atoms with van der Waals surface area (Å²) in [5.41, 5.74) is 7.91. The van der Waals surface area contributed by atoms with Crippen molar-refractivity contribution in [2.75, 3.05) is 41.9 Å². The van der Waals surface area contributed by atoms with Gasteiger partial charge in [0.05, 0.1) is 28.4 Å². The second-order valence-corrected chi connectivity index (χ2v) is 22.9. The van der Waals surface area contributed by atoms with Gasteiger partial charge in [-0.1, -0.05) is 132 Å². The smallest absolute Gasteiger partial charge is 0.305 e. The average molecular weight is 1000 g/mol. The van der Waals surface area contributed by atoms with Crippen molar-refractivity contribution in [1.29, 1.82) is 0 Å². The van der Waals surface area contributed by atoms with Crippen molar-refractivity contribution in [3.8, 4) is 23.0 Å². The van der Waals surface area contributed by atoms with Crippen LogP contribution < -0.4 is 18.5 Å². The van der Waals surface area contributed by atoms with Gasteiger partial charge in [-0.3, -0.25) is 19.2 Å². The Hall–Kier alpha value is -5.61. The molecular formula is C58H81O12P. The van der Waals surface area contributed by atoms with Gasteiger partial charge in [-0.25, -0.2) is 0 Å². The molecule has 0 spiro atoms. The summed E-state index contributed by atoms with van der Waals surface area (Å²) in [5, 5.41) is 0. The molecule has 0 aromatic heterocycles. The number of hydrogen-bond donors (Lipinski definition) is 0. The van der Waals surface area contributed by atoms with E-state index in [0.29, 0.717) is 51.4 Å². The number of rotatable bonds is 20. The maximum Gasteiger partial charge on any atom is 0.305 e. The van der Waals surface area contributed by atoms with Crippen molar-refractivity contribution in [2.45, 2.75) is 156 Å². The highest BCUT2D eigenvalue weighted by molar-refractivity contribution is 7.47. The monoisotopic (exact) mass is 1000 g/mol. The summed E-state index contributed by atoms with van der Waals surface area (Å²) in [4.78, 5) is 46.2. The van der Waals surface area contributed by atoms with E-state index in [1.165, 1.54) is 28.4 Å². The maximum absolute atomic E-state index is 11.6. The zero-order valence-electron chi connectivity index (χ0n) is 45.6. The van der Waals surface area contributed by atoms with Gasteiger partial charge in [0, 0.05) is 43.5 Å². The molecule has 0 aliphatic rings. The third-order valence-electron chi connectivity index (χ3n) is 11.7. The molecule has 0 amide bonds. The summed E-state index contributed by atoms with van der Waals surface area (Å²) in [6.45, 7) is 27.6. The first-order valence-corrected chi connectivity index (χ1v) is 25.9. The van der Waals surface area contributed by atoms with Crippen LogP contribution in [-0.4, -0.2) is 65.8 Å². The van der Waals surface area contributed by atoms with Crippen LogP contribution in [0.2, 0.25) is 0 Å². The summed E-state index contributed by atoms with van der Waals surface area (Å²) in [7, 11) is 4.35. The van der Waals surface area contributed by atoms with Gasteiger partial charge in [0.1, 0.15) is 23.0 Å². The molecule has 0 radical (unpaired) electrons. The lowest BCUT2D eigenvalue weighted by molar-refractivity contribution is -0.141. The van der Waals surface area contributed by atoms with Crippen LogP contribution in [0.15, 0.2) is 72.8 Å². The fourth-order valence-corrected chi connectivity index (χ4v) is 8.44. The SMILES string of the molecule is COC(=O)CCc1ccc(OCOc2ccc(CCC(=O)OC)cc2C(C)(C)C)c(C(C)(C)C)c1.COC(=O)CCc1ccc(OP(C)Oc2ccc(CCC(=O)OC)cc2C(C)(C)C)c(C(C)(C)C)c1. The van der Waals surface area contributed by atoms with Gasteiger partial charge < -0.3 is 37.5 Å². The van der Waals surface area contributed by atoms with E-state index in [9.17, 15) is 19.2 Å². The molecule has 0 saturated carbocycles. The van der Waals surface area contributed by atoms with Crippen LogP contribution in [0.25, 0.3) is 0 Å². The van der Waals surface area contributed by atoms with E-state index in [1.807, 2.05) is 55.2 Å². The Labute approximate surface area is 425 Å². The minimum atomic E-state index is -1.27. The Kier molecular flexibility index (Phi) is 22.5. The van der Waals surface area contributed by atoms with E-state index in [-0.39, 0.29) is 52.3 Å². The quantitative estimate of drug-likeness (QED) is 0.0360. The van der Waals surface area contributed by atoms with E-state index in [4.69, 9.17) is 37.5 Å². The second-order valence-electron chi connectivity index (χ2n) is 21.7. The van der Waals surface area contributed by atoms with E-state index >= 15 is 0 Å². The molecule has 0 fully saturated rings. The third kappa shape index (κ3) is 19.8. The summed E-state index contributed by atoms with van der Waals surface area (Å²) >= 11 is 0. The molecule has 0 aliphatic heterocycles. The number of esters is 4. The van der Waals surface area contributed by atoms with Crippen molar-refractivity contribution in [3.05, 3.63) is 117 Å². The molecule has 71 heavy (non-hydrogen) atoms. The van der Waals surface area contributed by atoms with Crippen molar-refractivity contribution in [1.82, 2.24) is 0 Å². The lowest BCUT2D eigenvalue weighted by Crippen LogP contribution is -2.18. The maximum atomic E-state index is 11.6. The highest BCUT2D eigenvalue weighted by atomic mass is 31.2. The highest BCUT2D eigenvalue weighted by Crippen LogP contribution is 2.45. The fraction of sp³-hybridized carbons (Fsp3) is 0.517. The van der Waals surface area contributed by atoms with Crippen LogP contribution in [0.5, 0.6) is 23.0 Å². The molecular weight excluding hydrogens is 920 g/mol. The van der Waals surface area contributed by atoms with E-state index in [2.05, 4.69) is 107 Å². The van der Waals surface area contributed by atoms with E-state index in [1.54, 1.807) is 0 Å². The zero-order chi connectivity index (χ0) is 53.3. The molecule has 0 heterocycles. The predicted octanol–water partition coefficient (Wildman–Crippen LogP) is 12.8. The Morgan fingerprint density at radius 1 is 0.380 bits per heavy atom. The predicted molar refractivity (Wildman–Crippen MR) is 282 cm³/mol. The van der Waals surface area contributed by atoms with Gasteiger partial charge in [0.2, 0.25) is 6.79 Å². The Bertz CT molecular complexity index is 2230. The molecule has 0 atom stereocenters. The number of ether oxygens (including phenoxy) is 6. The summed E-state index contributed by atoms with van der Waals surface area (Å²) in [6, 6.07) is 24.2. The van der Waals surface area contributed by atoms with Crippen LogP contribution in [-0.2, 0) is 85.5 Å². The van der Waals surface area contributed by atoms with Gasteiger partial charge in [0.15, 0.2) is 0 Å². The molecule has 0 aliphatic carbocycles. The topological polar surface area (TPSA) is 142 Å². The molecule has 13 heteroatoms. The first-order valence-electron chi connectivity index (χ1n) is 24.3. The molecule has 0 N–H and O–H groups in total. The van der Waals surface area contributed by atoms with Crippen LogP contribution >= 0.6 is 8.38 Å². The van der Waals surface area contributed by atoms with Crippen molar-refractivity contribution in [2.24, 2.45) is 0 Å². The first kappa shape index (κ1) is 59.7. The number of methoxy groups -OCH3 is 4.